The Hall–Kier alpha value is -2.60. The van der Waals surface area contributed by atoms with E-state index in [1.165, 1.54) is 7.11 Å². The van der Waals surface area contributed by atoms with Crippen LogP contribution in [0.3, 0.4) is 0 Å². The molecule has 0 aromatic rings. The van der Waals surface area contributed by atoms with Crippen LogP contribution in [0.25, 0.3) is 0 Å². The van der Waals surface area contributed by atoms with Crippen molar-refractivity contribution < 1.29 is 28.6 Å². The summed E-state index contributed by atoms with van der Waals surface area (Å²) in [7, 11) is 3.21. The number of likely N-dealkylation sites (tertiary alicyclic amines) is 1. The maximum absolute atomic E-state index is 12.3. The number of guanidine groups is 1. The lowest BCUT2D eigenvalue weighted by molar-refractivity contribution is -0.142. The van der Waals surface area contributed by atoms with E-state index < -0.39 is 11.7 Å². The van der Waals surface area contributed by atoms with Crippen LogP contribution < -0.4 is 5.32 Å². The van der Waals surface area contributed by atoms with E-state index in [-0.39, 0.29) is 36.8 Å². The molecule has 3 aliphatic heterocycles. The van der Waals surface area contributed by atoms with Crippen molar-refractivity contribution >= 4 is 24.1 Å². The van der Waals surface area contributed by atoms with Crippen LogP contribution in [-0.2, 0) is 19.0 Å². The summed E-state index contributed by atoms with van der Waals surface area (Å²) in [6, 6.07) is 0.00551. The molecule has 37 heavy (non-hydrogen) atoms. The lowest BCUT2D eigenvalue weighted by Crippen LogP contribution is -2.54. The average molecular weight is 525 g/mol. The second kappa shape index (κ2) is 12.8. The Morgan fingerprint density at radius 1 is 1.08 bits per heavy atom. The quantitative estimate of drug-likeness (QED) is 0.222. The van der Waals surface area contributed by atoms with Gasteiger partial charge in [0.2, 0.25) is 5.96 Å². The first-order valence-electron chi connectivity index (χ1n) is 13.3. The van der Waals surface area contributed by atoms with E-state index in [1.54, 1.807) is 25.7 Å². The van der Waals surface area contributed by atoms with Gasteiger partial charge in [-0.1, -0.05) is 12.8 Å². The molecule has 12 nitrogen and oxygen atoms in total. The molecule has 3 rings (SSSR count). The molecule has 12 heteroatoms. The zero-order valence-corrected chi connectivity index (χ0v) is 23.0. The Morgan fingerprint density at radius 3 is 2.32 bits per heavy atom. The number of nitrogens with zero attached hydrogens (tertiary/aromatic N) is 4. The van der Waals surface area contributed by atoms with E-state index >= 15 is 0 Å². The molecular weight excluding hydrogens is 480 g/mol. The van der Waals surface area contributed by atoms with Gasteiger partial charge in [-0.2, -0.15) is 0 Å². The normalized spacial score (nSPS) is 24.1. The van der Waals surface area contributed by atoms with Crippen LogP contribution in [0.1, 0.15) is 52.9 Å². The highest BCUT2D eigenvalue weighted by atomic mass is 16.6. The molecule has 2 atom stereocenters. The Balaban J connectivity index is 1.39. The van der Waals surface area contributed by atoms with E-state index in [0.717, 1.165) is 71.4 Å². The summed E-state index contributed by atoms with van der Waals surface area (Å²) in [5.41, 5.74) is -0.599. The van der Waals surface area contributed by atoms with Gasteiger partial charge in [-0.05, 0) is 46.0 Å². The molecule has 0 aromatic heterocycles. The summed E-state index contributed by atoms with van der Waals surface area (Å²) in [6.07, 6.45) is 3.68. The fraction of sp³-hybridized carbons (Fsp3) is 0.840. The van der Waals surface area contributed by atoms with Gasteiger partial charge < -0.3 is 24.0 Å². The highest BCUT2D eigenvalue weighted by Crippen LogP contribution is 2.29. The molecule has 2 amide bonds. The maximum atomic E-state index is 12.3. The van der Waals surface area contributed by atoms with Crippen molar-refractivity contribution in [1.29, 1.82) is 5.41 Å². The number of esters is 1. The predicted molar refractivity (Wildman–Crippen MR) is 137 cm³/mol. The molecule has 3 fully saturated rings. The summed E-state index contributed by atoms with van der Waals surface area (Å²) in [5, 5.41) is 10.7. The molecule has 3 heterocycles. The van der Waals surface area contributed by atoms with Gasteiger partial charge in [0.15, 0.2) is 6.23 Å². The number of amides is 2. The Kier molecular flexibility index (Phi) is 10.00. The SMILES string of the molecule is COC(=O)CN1CCN(C2OC(=O)N(C)C2CCCC2CCN(C(=N)NC(=O)OC(C)(C)C)CC2)CC1. The fourth-order valence-corrected chi connectivity index (χ4v) is 5.21. The van der Waals surface area contributed by atoms with Gasteiger partial charge in [-0.15, -0.1) is 0 Å². The summed E-state index contributed by atoms with van der Waals surface area (Å²) < 4.78 is 15.7. The number of alkyl carbamates (subject to hydrolysis) is 1. The zero-order valence-electron chi connectivity index (χ0n) is 23.0. The van der Waals surface area contributed by atoms with E-state index in [9.17, 15) is 14.4 Å². The topological polar surface area (TPSA) is 128 Å². The molecule has 0 spiro atoms. The first-order valence-corrected chi connectivity index (χ1v) is 13.3. The number of cyclic esters (lactones) is 1. The van der Waals surface area contributed by atoms with Crippen molar-refractivity contribution in [2.45, 2.75) is 70.7 Å². The van der Waals surface area contributed by atoms with Gasteiger partial charge in [0.25, 0.3) is 0 Å². The van der Waals surface area contributed by atoms with Crippen LogP contribution in [0.2, 0.25) is 0 Å². The number of carbonyl (C=O) groups excluding carboxylic acids is 3. The predicted octanol–water partition coefficient (Wildman–Crippen LogP) is 1.90. The van der Waals surface area contributed by atoms with Crippen LogP contribution in [-0.4, -0.2) is 122 Å². The van der Waals surface area contributed by atoms with E-state index in [2.05, 4.69) is 15.1 Å². The van der Waals surface area contributed by atoms with Crippen molar-refractivity contribution in [3.8, 4) is 0 Å². The lowest BCUT2D eigenvalue weighted by atomic mass is 9.90. The first kappa shape index (κ1) is 29.0. The molecule has 2 N–H and O–H groups in total. The van der Waals surface area contributed by atoms with Crippen molar-refractivity contribution in [1.82, 2.24) is 24.9 Å². The molecule has 0 aliphatic carbocycles. The van der Waals surface area contributed by atoms with Crippen LogP contribution in [0.4, 0.5) is 9.59 Å². The standard InChI is InChI=1S/C25H44N6O6/c1-25(2,3)37-23(33)27-22(26)31-11-9-18(10-12-31)7-6-8-19-21(36-24(34)28(19)4)30-15-13-29(14-16-30)17-20(32)35-5/h18-19,21H,6-17H2,1-5H3,(H2,26,27,33). The molecule has 210 valence electrons. The Morgan fingerprint density at radius 2 is 1.73 bits per heavy atom. The molecule has 2 unspecified atom stereocenters. The van der Waals surface area contributed by atoms with Gasteiger partial charge in [0, 0.05) is 46.3 Å². The summed E-state index contributed by atoms with van der Waals surface area (Å²) in [5.74, 6) is 0.403. The van der Waals surface area contributed by atoms with Gasteiger partial charge in [0.05, 0.1) is 19.7 Å². The second-order valence-corrected chi connectivity index (χ2v) is 11.2. The van der Waals surface area contributed by atoms with Gasteiger partial charge in [0.1, 0.15) is 5.60 Å². The highest BCUT2D eigenvalue weighted by molar-refractivity contribution is 5.92. The molecule has 0 saturated carbocycles. The van der Waals surface area contributed by atoms with Crippen molar-refractivity contribution in [3.05, 3.63) is 0 Å². The molecule has 3 saturated heterocycles. The van der Waals surface area contributed by atoms with Crippen LogP contribution in [0.15, 0.2) is 0 Å². The average Bonchev–Trinajstić information content (AvgIpc) is 3.12. The third kappa shape index (κ3) is 8.46. The van der Waals surface area contributed by atoms with Crippen molar-refractivity contribution in [2.24, 2.45) is 5.92 Å². The van der Waals surface area contributed by atoms with E-state index in [1.807, 2.05) is 11.9 Å². The van der Waals surface area contributed by atoms with Crippen LogP contribution >= 0.6 is 0 Å². The van der Waals surface area contributed by atoms with E-state index in [4.69, 9.17) is 19.6 Å². The largest absolute Gasteiger partial charge is 0.468 e. The molecular formula is C25H44N6O6. The van der Waals surface area contributed by atoms with Gasteiger partial charge >= 0.3 is 18.2 Å². The summed E-state index contributed by atoms with van der Waals surface area (Å²) in [6.45, 7) is 10.1. The number of piperidine rings is 1. The molecule has 3 aliphatic rings. The fourth-order valence-electron chi connectivity index (χ4n) is 5.21. The molecule has 0 bridgehead atoms. The van der Waals surface area contributed by atoms with E-state index in [0.29, 0.717) is 5.92 Å². The molecule has 0 radical (unpaired) electrons. The summed E-state index contributed by atoms with van der Waals surface area (Å²) >= 11 is 0. The minimum Gasteiger partial charge on any atom is -0.468 e. The second-order valence-electron chi connectivity index (χ2n) is 11.2. The number of piperazine rings is 1. The smallest absolute Gasteiger partial charge is 0.414 e. The number of hydrogen-bond acceptors (Lipinski definition) is 9. The number of carbonyl (C=O) groups is 3. The number of nitrogens with one attached hydrogen (secondary N) is 2. The zero-order chi connectivity index (χ0) is 27.2. The minimum atomic E-state index is -0.600. The number of hydrogen-bond donors (Lipinski definition) is 2. The van der Waals surface area contributed by atoms with Crippen molar-refractivity contribution in [3.63, 3.8) is 0 Å². The van der Waals surface area contributed by atoms with Gasteiger partial charge in [-0.25, -0.2) is 9.59 Å². The third-order valence-electron chi connectivity index (χ3n) is 7.35. The number of ether oxygens (including phenoxy) is 3. The highest BCUT2D eigenvalue weighted by Gasteiger charge is 2.43. The first-order chi connectivity index (χ1) is 17.5. The Labute approximate surface area is 220 Å². The number of methoxy groups -OCH3 is 1. The third-order valence-corrected chi connectivity index (χ3v) is 7.35. The van der Waals surface area contributed by atoms with Crippen LogP contribution in [0, 0.1) is 11.3 Å². The number of rotatable bonds is 7. The monoisotopic (exact) mass is 524 g/mol. The lowest BCUT2D eigenvalue weighted by Gasteiger charge is -2.38. The Bertz CT molecular complexity index is 817. The summed E-state index contributed by atoms with van der Waals surface area (Å²) in [4.78, 5) is 43.7. The van der Waals surface area contributed by atoms with Gasteiger partial charge in [-0.3, -0.25) is 25.3 Å². The molecule has 0 aromatic carbocycles. The number of likely N-dealkylation sites (N-methyl/N-ethyl adjacent to an activating group) is 1. The maximum Gasteiger partial charge on any atom is 0.414 e. The van der Waals surface area contributed by atoms with Crippen LogP contribution in [0.5, 0.6) is 0 Å². The minimum absolute atomic E-state index is 0.00551. The van der Waals surface area contributed by atoms with Crippen molar-refractivity contribution in [2.75, 3.05) is 60.0 Å².